The number of rotatable bonds is 2. The molecule has 0 unspecified atom stereocenters. The number of nitrogens with zero attached hydrogens (tertiary/aromatic N) is 1. The van der Waals surface area contributed by atoms with E-state index in [9.17, 15) is 0 Å². The Morgan fingerprint density at radius 2 is 1.46 bits per heavy atom. The zero-order chi connectivity index (χ0) is 17.5. The number of hydrogen-bond donors (Lipinski definition) is 0. The summed E-state index contributed by atoms with van der Waals surface area (Å²) in [4.78, 5) is 4.65. The van der Waals surface area contributed by atoms with Crippen LogP contribution in [0.15, 0.2) is 89.3 Å². The quantitative estimate of drug-likeness (QED) is 0.362. The molecule has 0 aliphatic heterocycles. The van der Waals surface area contributed by atoms with E-state index in [0.29, 0.717) is 0 Å². The fraction of sp³-hybridized carbons (Fsp3) is 0.0417. The molecule has 0 N–H and O–H groups in total. The number of fused-ring (bicyclic) bond motifs is 3. The molecule has 2 nitrogen and oxygen atoms in total. The average Bonchev–Trinajstić information content (AvgIpc) is 3.07. The number of hydrogen-bond acceptors (Lipinski definition) is 2. The van der Waals surface area contributed by atoms with Crippen LogP contribution < -0.4 is 0 Å². The normalized spacial score (nSPS) is 11.3. The van der Waals surface area contributed by atoms with Gasteiger partial charge in [-0.05, 0) is 36.8 Å². The van der Waals surface area contributed by atoms with Crippen molar-refractivity contribution in [2.75, 3.05) is 0 Å². The molecule has 0 atom stereocenters. The van der Waals surface area contributed by atoms with Crippen LogP contribution in [0.3, 0.4) is 0 Å². The molecular weight excluding hydrogens is 318 g/mol. The summed E-state index contributed by atoms with van der Waals surface area (Å²) in [5, 5.41) is 2.30. The minimum atomic E-state index is 0.923. The molecule has 2 heterocycles. The van der Waals surface area contributed by atoms with Crippen LogP contribution in [0.1, 0.15) is 5.69 Å². The second kappa shape index (κ2) is 5.85. The zero-order valence-electron chi connectivity index (χ0n) is 14.4. The highest BCUT2D eigenvalue weighted by atomic mass is 16.3. The minimum absolute atomic E-state index is 0.923. The largest absolute Gasteiger partial charge is 0.455 e. The Balaban J connectivity index is 1.72. The second-order valence-corrected chi connectivity index (χ2v) is 6.53. The summed E-state index contributed by atoms with van der Waals surface area (Å²) in [5.74, 6) is 0. The van der Waals surface area contributed by atoms with Gasteiger partial charge in [-0.15, -0.1) is 0 Å². The van der Waals surface area contributed by atoms with Crippen LogP contribution in [0.4, 0.5) is 0 Å². The molecule has 0 amide bonds. The molecule has 3 aromatic carbocycles. The van der Waals surface area contributed by atoms with Gasteiger partial charge in [-0.25, -0.2) is 0 Å². The number of para-hydroxylation sites is 2. The molecule has 0 aliphatic carbocycles. The molecule has 0 saturated heterocycles. The van der Waals surface area contributed by atoms with E-state index in [1.165, 1.54) is 0 Å². The van der Waals surface area contributed by atoms with Crippen molar-refractivity contribution >= 4 is 21.9 Å². The van der Waals surface area contributed by atoms with E-state index in [-0.39, 0.29) is 0 Å². The summed E-state index contributed by atoms with van der Waals surface area (Å²) in [5.41, 5.74) is 7.22. The first-order chi connectivity index (χ1) is 12.8. The lowest BCUT2D eigenvalue weighted by Crippen LogP contribution is -1.87. The smallest absolute Gasteiger partial charge is 0.143 e. The van der Waals surface area contributed by atoms with Crippen LogP contribution in [-0.2, 0) is 0 Å². The molecule has 0 aliphatic rings. The number of benzene rings is 3. The minimum Gasteiger partial charge on any atom is -0.455 e. The Kier molecular flexibility index (Phi) is 3.36. The maximum atomic E-state index is 6.19. The summed E-state index contributed by atoms with van der Waals surface area (Å²) in [7, 11) is 0. The molecule has 0 saturated carbocycles. The van der Waals surface area contributed by atoms with Crippen LogP contribution in [0, 0.1) is 6.92 Å². The lowest BCUT2D eigenvalue weighted by molar-refractivity contribution is 0.670. The molecule has 2 aromatic heterocycles. The van der Waals surface area contributed by atoms with Gasteiger partial charge in [0.25, 0.3) is 0 Å². The van der Waals surface area contributed by atoms with E-state index in [2.05, 4.69) is 53.5 Å². The fourth-order valence-corrected chi connectivity index (χ4v) is 3.52. The van der Waals surface area contributed by atoms with Crippen LogP contribution in [0.2, 0.25) is 0 Å². The van der Waals surface area contributed by atoms with E-state index in [1.807, 2.05) is 43.3 Å². The first-order valence-electron chi connectivity index (χ1n) is 8.74. The predicted octanol–water partition coefficient (Wildman–Crippen LogP) is 6.62. The van der Waals surface area contributed by atoms with E-state index in [1.54, 1.807) is 0 Å². The Hall–Kier alpha value is -3.39. The molecule has 5 aromatic rings. The molecule has 2 heteroatoms. The predicted molar refractivity (Wildman–Crippen MR) is 107 cm³/mol. The van der Waals surface area contributed by atoms with Crippen molar-refractivity contribution in [1.82, 2.24) is 4.98 Å². The number of pyridine rings is 1. The monoisotopic (exact) mass is 335 g/mol. The third-order valence-corrected chi connectivity index (χ3v) is 4.76. The SMILES string of the molecule is Cc1cccc(-c2cccc(-c3cccc4c3oc3ccccc34)c2)n1. The lowest BCUT2D eigenvalue weighted by atomic mass is 9.99. The average molecular weight is 335 g/mol. The van der Waals surface area contributed by atoms with Crippen molar-refractivity contribution < 1.29 is 4.42 Å². The number of aryl methyl sites for hydroxylation is 1. The Morgan fingerprint density at radius 3 is 2.38 bits per heavy atom. The van der Waals surface area contributed by atoms with E-state index in [4.69, 9.17) is 4.42 Å². The van der Waals surface area contributed by atoms with Gasteiger partial charge < -0.3 is 4.42 Å². The van der Waals surface area contributed by atoms with Gasteiger partial charge in [-0.3, -0.25) is 4.98 Å². The topological polar surface area (TPSA) is 26.0 Å². The maximum Gasteiger partial charge on any atom is 0.143 e. The van der Waals surface area contributed by atoms with Crippen LogP contribution in [-0.4, -0.2) is 4.98 Å². The van der Waals surface area contributed by atoms with E-state index >= 15 is 0 Å². The van der Waals surface area contributed by atoms with Crippen LogP contribution in [0.25, 0.3) is 44.3 Å². The number of furan rings is 1. The first-order valence-corrected chi connectivity index (χ1v) is 8.74. The number of aromatic nitrogens is 1. The van der Waals surface area contributed by atoms with Crippen molar-refractivity contribution in [3.8, 4) is 22.4 Å². The Morgan fingerprint density at radius 1 is 0.692 bits per heavy atom. The highest BCUT2D eigenvalue weighted by molar-refractivity contribution is 6.09. The van der Waals surface area contributed by atoms with Gasteiger partial charge in [0.1, 0.15) is 11.2 Å². The van der Waals surface area contributed by atoms with Crippen molar-refractivity contribution in [3.05, 3.63) is 90.6 Å². The van der Waals surface area contributed by atoms with Crippen LogP contribution >= 0.6 is 0 Å². The Bertz CT molecular complexity index is 1250. The summed E-state index contributed by atoms with van der Waals surface area (Å²) in [6.07, 6.45) is 0. The van der Waals surface area contributed by atoms with Gasteiger partial charge in [0, 0.05) is 27.6 Å². The van der Waals surface area contributed by atoms with Gasteiger partial charge in [0.2, 0.25) is 0 Å². The van der Waals surface area contributed by atoms with Crippen molar-refractivity contribution in [2.45, 2.75) is 6.92 Å². The Labute approximate surface area is 151 Å². The van der Waals surface area contributed by atoms with Gasteiger partial charge in [0.15, 0.2) is 0 Å². The summed E-state index contributed by atoms with van der Waals surface area (Å²) in [6, 6.07) is 29.1. The van der Waals surface area contributed by atoms with Crippen molar-refractivity contribution in [1.29, 1.82) is 0 Å². The zero-order valence-corrected chi connectivity index (χ0v) is 14.4. The molecule has 0 fully saturated rings. The van der Waals surface area contributed by atoms with E-state index < -0.39 is 0 Å². The molecule has 0 spiro atoms. The molecule has 0 bridgehead atoms. The van der Waals surface area contributed by atoms with Crippen molar-refractivity contribution in [3.63, 3.8) is 0 Å². The second-order valence-electron chi connectivity index (χ2n) is 6.53. The summed E-state index contributed by atoms with van der Waals surface area (Å²) in [6.45, 7) is 2.02. The van der Waals surface area contributed by atoms with Gasteiger partial charge >= 0.3 is 0 Å². The third-order valence-electron chi connectivity index (χ3n) is 4.76. The van der Waals surface area contributed by atoms with Gasteiger partial charge in [0.05, 0.1) is 5.69 Å². The molecular formula is C24H17NO. The van der Waals surface area contributed by atoms with Gasteiger partial charge in [-0.2, -0.15) is 0 Å². The molecule has 0 radical (unpaired) electrons. The van der Waals surface area contributed by atoms with E-state index in [0.717, 1.165) is 50.0 Å². The highest BCUT2D eigenvalue weighted by Gasteiger charge is 2.12. The summed E-state index contributed by atoms with van der Waals surface area (Å²) < 4.78 is 6.19. The molecule has 26 heavy (non-hydrogen) atoms. The first kappa shape index (κ1) is 14.9. The highest BCUT2D eigenvalue weighted by Crippen LogP contribution is 2.36. The lowest BCUT2D eigenvalue weighted by Gasteiger charge is -2.07. The molecule has 5 rings (SSSR count). The third kappa shape index (κ3) is 2.39. The summed E-state index contributed by atoms with van der Waals surface area (Å²) >= 11 is 0. The van der Waals surface area contributed by atoms with Crippen LogP contribution in [0.5, 0.6) is 0 Å². The fourth-order valence-electron chi connectivity index (χ4n) is 3.52. The molecule has 124 valence electrons. The standard InChI is InChI=1S/C24H17NO/c1-16-7-4-13-22(25-16)18-9-5-8-17(15-18)19-11-6-12-21-20-10-2-3-14-23(20)26-24(19)21/h2-15H,1H3. The van der Waals surface area contributed by atoms with Gasteiger partial charge in [-0.1, -0.05) is 60.7 Å². The maximum absolute atomic E-state index is 6.19. The van der Waals surface area contributed by atoms with Crippen molar-refractivity contribution in [2.24, 2.45) is 0 Å².